The fourth-order valence-corrected chi connectivity index (χ4v) is 2.99. The monoisotopic (exact) mass is 365 g/mol. The average molecular weight is 365 g/mol. The van der Waals surface area contributed by atoms with Gasteiger partial charge in [0.05, 0.1) is 33.4 Å². The van der Waals surface area contributed by atoms with Crippen LogP contribution < -0.4 is 9.47 Å². The summed E-state index contributed by atoms with van der Waals surface area (Å²) in [4.78, 5) is 26.6. The summed E-state index contributed by atoms with van der Waals surface area (Å²) in [5, 5.41) is 0. The Morgan fingerprint density at radius 2 is 1.85 bits per heavy atom. The second-order valence-electron chi connectivity index (χ2n) is 6.37. The Morgan fingerprint density at radius 3 is 2.35 bits per heavy atom. The van der Waals surface area contributed by atoms with Crippen LogP contribution in [0.4, 0.5) is 0 Å². The van der Waals surface area contributed by atoms with Gasteiger partial charge in [0.1, 0.15) is 11.5 Å². The number of carbonyl (C=O) groups is 2. The number of ether oxygens (including phenoxy) is 4. The number of rotatable bonds is 8. The second-order valence-corrected chi connectivity index (χ2v) is 6.37. The molecule has 2 rings (SSSR count). The zero-order valence-electron chi connectivity index (χ0n) is 15.8. The maximum atomic E-state index is 13.1. The van der Waals surface area contributed by atoms with E-state index in [1.807, 2.05) is 0 Å². The number of carbonyl (C=O) groups excluding carboxylic acids is 2. The molecule has 26 heavy (non-hydrogen) atoms. The van der Waals surface area contributed by atoms with Crippen LogP contribution in [0.3, 0.4) is 0 Å². The van der Waals surface area contributed by atoms with E-state index in [1.165, 1.54) is 21.3 Å². The Balaban J connectivity index is 2.24. The molecule has 1 aromatic rings. The zero-order valence-corrected chi connectivity index (χ0v) is 15.8. The van der Waals surface area contributed by atoms with Gasteiger partial charge in [-0.05, 0) is 25.0 Å². The standard InChI is InChI=1S/C19H27NO6/c1-13(19(22)25-4)11-20(12-15-6-5-7-26-15)18(21)14-8-16(23-2)10-17(9-14)24-3/h8-10,13,15H,5-7,11-12H2,1-4H3. The van der Waals surface area contributed by atoms with E-state index in [1.54, 1.807) is 30.0 Å². The quantitative estimate of drug-likeness (QED) is 0.657. The van der Waals surface area contributed by atoms with Crippen molar-refractivity contribution in [2.75, 3.05) is 41.0 Å². The van der Waals surface area contributed by atoms with E-state index >= 15 is 0 Å². The number of amides is 1. The predicted octanol–water partition coefficient (Wildman–Crippen LogP) is 2.13. The van der Waals surface area contributed by atoms with Crippen LogP contribution in [-0.2, 0) is 14.3 Å². The Bertz CT molecular complexity index is 604. The summed E-state index contributed by atoms with van der Waals surface area (Å²) in [7, 11) is 4.41. The molecule has 0 saturated carbocycles. The lowest BCUT2D eigenvalue weighted by molar-refractivity contribution is -0.145. The summed E-state index contributed by atoms with van der Waals surface area (Å²) in [5.41, 5.74) is 0.441. The topological polar surface area (TPSA) is 74.3 Å². The highest BCUT2D eigenvalue weighted by atomic mass is 16.5. The third kappa shape index (κ3) is 5.11. The third-order valence-electron chi connectivity index (χ3n) is 4.43. The van der Waals surface area contributed by atoms with Gasteiger partial charge in [-0.2, -0.15) is 0 Å². The van der Waals surface area contributed by atoms with Crippen molar-refractivity contribution in [2.45, 2.75) is 25.9 Å². The smallest absolute Gasteiger partial charge is 0.310 e. The van der Waals surface area contributed by atoms with E-state index < -0.39 is 5.92 Å². The lowest BCUT2D eigenvalue weighted by Gasteiger charge is -2.27. The predicted molar refractivity (Wildman–Crippen MR) is 95.6 cm³/mol. The van der Waals surface area contributed by atoms with Gasteiger partial charge in [0.25, 0.3) is 5.91 Å². The van der Waals surface area contributed by atoms with E-state index in [2.05, 4.69) is 0 Å². The van der Waals surface area contributed by atoms with Crippen LogP contribution >= 0.6 is 0 Å². The molecule has 0 spiro atoms. The molecule has 1 aliphatic rings. The largest absolute Gasteiger partial charge is 0.497 e. The normalized spacial score (nSPS) is 17.5. The minimum atomic E-state index is -0.433. The molecule has 0 aromatic heterocycles. The molecule has 144 valence electrons. The summed E-state index contributed by atoms with van der Waals surface area (Å²) >= 11 is 0. The zero-order chi connectivity index (χ0) is 19.1. The number of benzene rings is 1. The van der Waals surface area contributed by atoms with Gasteiger partial charge in [-0.25, -0.2) is 0 Å². The maximum absolute atomic E-state index is 13.1. The van der Waals surface area contributed by atoms with Crippen LogP contribution in [0, 0.1) is 5.92 Å². The first-order valence-electron chi connectivity index (χ1n) is 8.70. The maximum Gasteiger partial charge on any atom is 0.310 e. The molecule has 7 heteroatoms. The van der Waals surface area contributed by atoms with Crippen molar-refractivity contribution in [1.82, 2.24) is 4.90 Å². The molecule has 2 atom stereocenters. The molecule has 2 unspecified atom stereocenters. The number of hydrogen-bond donors (Lipinski definition) is 0. The van der Waals surface area contributed by atoms with Crippen molar-refractivity contribution in [3.05, 3.63) is 23.8 Å². The highest BCUT2D eigenvalue weighted by molar-refractivity contribution is 5.95. The van der Waals surface area contributed by atoms with Gasteiger partial charge >= 0.3 is 5.97 Å². The molecule has 1 amide bonds. The SMILES string of the molecule is COC(=O)C(C)CN(CC1CCCO1)C(=O)c1cc(OC)cc(OC)c1. The minimum Gasteiger partial charge on any atom is -0.497 e. The first-order chi connectivity index (χ1) is 12.5. The van der Waals surface area contributed by atoms with Crippen LogP contribution in [0.5, 0.6) is 11.5 Å². The van der Waals surface area contributed by atoms with Gasteiger partial charge in [0.15, 0.2) is 0 Å². The Morgan fingerprint density at radius 1 is 1.19 bits per heavy atom. The summed E-state index contributed by atoms with van der Waals surface area (Å²) in [6, 6.07) is 5.03. The lowest BCUT2D eigenvalue weighted by atomic mass is 10.1. The van der Waals surface area contributed by atoms with E-state index in [-0.39, 0.29) is 24.5 Å². The van der Waals surface area contributed by atoms with Crippen LogP contribution in [0.25, 0.3) is 0 Å². The van der Waals surface area contributed by atoms with E-state index in [9.17, 15) is 9.59 Å². The molecule has 1 aliphatic heterocycles. The van der Waals surface area contributed by atoms with E-state index in [0.29, 0.717) is 30.2 Å². The lowest BCUT2D eigenvalue weighted by Crippen LogP contribution is -2.41. The number of hydrogen-bond acceptors (Lipinski definition) is 6. The molecule has 0 bridgehead atoms. The average Bonchev–Trinajstić information content (AvgIpc) is 3.18. The summed E-state index contributed by atoms with van der Waals surface area (Å²) < 4.78 is 21.0. The van der Waals surface area contributed by atoms with E-state index in [4.69, 9.17) is 18.9 Å². The number of esters is 1. The van der Waals surface area contributed by atoms with Gasteiger partial charge in [-0.1, -0.05) is 6.92 Å². The molecule has 0 N–H and O–H groups in total. The fourth-order valence-electron chi connectivity index (χ4n) is 2.99. The highest BCUT2D eigenvalue weighted by Crippen LogP contribution is 2.24. The van der Waals surface area contributed by atoms with Crippen LogP contribution in [0.2, 0.25) is 0 Å². The van der Waals surface area contributed by atoms with Gasteiger partial charge in [-0.3, -0.25) is 9.59 Å². The molecule has 0 aliphatic carbocycles. The minimum absolute atomic E-state index is 0.0173. The summed E-state index contributed by atoms with van der Waals surface area (Å²) in [6.45, 7) is 3.13. The molecule has 1 fully saturated rings. The van der Waals surface area contributed by atoms with E-state index in [0.717, 1.165) is 12.8 Å². The molecule has 0 radical (unpaired) electrons. The van der Waals surface area contributed by atoms with Crippen molar-refractivity contribution in [2.24, 2.45) is 5.92 Å². The third-order valence-corrected chi connectivity index (χ3v) is 4.43. The Kier molecular flexibility index (Phi) is 7.26. The van der Waals surface area contributed by atoms with Crippen LogP contribution in [0.1, 0.15) is 30.1 Å². The molecule has 1 saturated heterocycles. The summed E-state index contributed by atoms with van der Waals surface area (Å²) in [6.07, 6.45) is 1.86. The molecule has 1 heterocycles. The van der Waals surface area contributed by atoms with Crippen molar-refractivity contribution in [3.8, 4) is 11.5 Å². The molecular formula is C19H27NO6. The number of nitrogens with zero attached hydrogens (tertiary/aromatic N) is 1. The van der Waals surface area contributed by atoms with Crippen molar-refractivity contribution < 1.29 is 28.5 Å². The van der Waals surface area contributed by atoms with Gasteiger partial charge in [0, 0.05) is 31.3 Å². The van der Waals surface area contributed by atoms with Gasteiger partial charge in [-0.15, -0.1) is 0 Å². The Labute approximate surface area is 154 Å². The van der Waals surface area contributed by atoms with Crippen molar-refractivity contribution in [3.63, 3.8) is 0 Å². The second kappa shape index (κ2) is 9.43. The van der Waals surface area contributed by atoms with Crippen LogP contribution in [-0.4, -0.2) is 63.9 Å². The number of methoxy groups -OCH3 is 3. The summed E-state index contributed by atoms with van der Waals surface area (Å²) in [5.74, 6) is 0.0845. The first-order valence-corrected chi connectivity index (χ1v) is 8.70. The first kappa shape index (κ1) is 20.0. The Hall–Kier alpha value is -2.28. The van der Waals surface area contributed by atoms with Gasteiger partial charge < -0.3 is 23.8 Å². The molecular weight excluding hydrogens is 338 g/mol. The van der Waals surface area contributed by atoms with Crippen LogP contribution in [0.15, 0.2) is 18.2 Å². The molecule has 1 aromatic carbocycles. The van der Waals surface area contributed by atoms with Gasteiger partial charge in [0.2, 0.25) is 0 Å². The molecule has 7 nitrogen and oxygen atoms in total. The van der Waals surface area contributed by atoms with Crippen molar-refractivity contribution in [1.29, 1.82) is 0 Å². The highest BCUT2D eigenvalue weighted by Gasteiger charge is 2.27. The fraction of sp³-hybridized carbons (Fsp3) is 0.579. The van der Waals surface area contributed by atoms with Crippen molar-refractivity contribution >= 4 is 11.9 Å².